The molecule has 0 bridgehead atoms. The van der Waals surface area contributed by atoms with Crippen LogP contribution < -0.4 is 20.1 Å². The summed E-state index contributed by atoms with van der Waals surface area (Å²) in [7, 11) is 0. The summed E-state index contributed by atoms with van der Waals surface area (Å²) in [5, 5.41) is 12.9. The molecular formula is C19H19F2N5O4. The number of pyridine rings is 1. The summed E-state index contributed by atoms with van der Waals surface area (Å²) in [5.41, 5.74) is 1.17. The third kappa shape index (κ3) is 5.19. The SMILES string of the molecule is CCOc1cc(CNC(=O)C(=O)NCc2nnc3ccccn23)ccc1OC(F)F. The van der Waals surface area contributed by atoms with E-state index in [1.165, 1.54) is 18.2 Å². The third-order valence-corrected chi connectivity index (χ3v) is 3.97. The number of halogens is 2. The van der Waals surface area contributed by atoms with E-state index in [0.717, 1.165) is 0 Å². The maximum absolute atomic E-state index is 12.5. The molecule has 0 fully saturated rings. The Morgan fingerprint density at radius 3 is 2.57 bits per heavy atom. The molecule has 0 atom stereocenters. The molecule has 11 heteroatoms. The predicted molar refractivity (Wildman–Crippen MR) is 101 cm³/mol. The van der Waals surface area contributed by atoms with Crippen molar-refractivity contribution >= 4 is 17.5 Å². The topological polar surface area (TPSA) is 107 Å². The van der Waals surface area contributed by atoms with Crippen LogP contribution in [-0.2, 0) is 22.7 Å². The number of hydrogen-bond donors (Lipinski definition) is 2. The number of alkyl halides is 2. The maximum Gasteiger partial charge on any atom is 0.387 e. The van der Waals surface area contributed by atoms with Gasteiger partial charge in [0.05, 0.1) is 13.2 Å². The Balaban J connectivity index is 1.55. The van der Waals surface area contributed by atoms with Gasteiger partial charge in [0.1, 0.15) is 0 Å². The highest BCUT2D eigenvalue weighted by Crippen LogP contribution is 2.29. The van der Waals surface area contributed by atoms with E-state index in [9.17, 15) is 18.4 Å². The molecule has 2 aromatic heterocycles. The summed E-state index contributed by atoms with van der Waals surface area (Å²) >= 11 is 0. The Hall–Kier alpha value is -3.76. The van der Waals surface area contributed by atoms with E-state index in [1.807, 2.05) is 6.07 Å². The van der Waals surface area contributed by atoms with Crippen molar-refractivity contribution in [3.05, 3.63) is 54.0 Å². The summed E-state index contributed by atoms with van der Waals surface area (Å²) in [6.07, 6.45) is 1.74. The lowest BCUT2D eigenvalue weighted by molar-refractivity contribution is -0.139. The van der Waals surface area contributed by atoms with Gasteiger partial charge in [0.25, 0.3) is 0 Å². The minimum Gasteiger partial charge on any atom is -0.490 e. The van der Waals surface area contributed by atoms with Gasteiger partial charge in [0.2, 0.25) is 0 Å². The van der Waals surface area contributed by atoms with Gasteiger partial charge in [0.15, 0.2) is 23.0 Å². The van der Waals surface area contributed by atoms with Crippen molar-refractivity contribution in [1.82, 2.24) is 25.2 Å². The molecule has 9 nitrogen and oxygen atoms in total. The third-order valence-electron chi connectivity index (χ3n) is 3.97. The van der Waals surface area contributed by atoms with Crippen LogP contribution in [0.3, 0.4) is 0 Å². The molecule has 1 aromatic carbocycles. The monoisotopic (exact) mass is 419 g/mol. The number of aromatic nitrogens is 3. The molecule has 2 amide bonds. The molecule has 0 aliphatic rings. The molecule has 0 radical (unpaired) electrons. The second-order valence-electron chi connectivity index (χ2n) is 6.00. The molecule has 30 heavy (non-hydrogen) atoms. The van der Waals surface area contributed by atoms with Crippen molar-refractivity contribution in [3.63, 3.8) is 0 Å². The fourth-order valence-corrected chi connectivity index (χ4v) is 2.64. The number of hydrogen-bond acceptors (Lipinski definition) is 6. The van der Waals surface area contributed by atoms with Crippen molar-refractivity contribution in [1.29, 1.82) is 0 Å². The highest BCUT2D eigenvalue weighted by atomic mass is 19.3. The first-order valence-electron chi connectivity index (χ1n) is 9.03. The lowest BCUT2D eigenvalue weighted by Gasteiger charge is -2.13. The van der Waals surface area contributed by atoms with Gasteiger partial charge in [-0.25, -0.2) is 0 Å². The van der Waals surface area contributed by atoms with Crippen molar-refractivity contribution < 1.29 is 27.8 Å². The van der Waals surface area contributed by atoms with E-state index in [-0.39, 0.29) is 31.2 Å². The normalized spacial score (nSPS) is 10.8. The number of amides is 2. The van der Waals surface area contributed by atoms with E-state index >= 15 is 0 Å². The van der Waals surface area contributed by atoms with E-state index in [4.69, 9.17) is 4.74 Å². The largest absolute Gasteiger partial charge is 0.490 e. The molecule has 0 aliphatic heterocycles. The van der Waals surface area contributed by atoms with Crippen LogP contribution in [0.15, 0.2) is 42.6 Å². The Morgan fingerprint density at radius 2 is 1.83 bits per heavy atom. The Kier molecular flexibility index (Phi) is 6.73. The molecule has 0 unspecified atom stereocenters. The van der Waals surface area contributed by atoms with Crippen LogP contribution in [0.2, 0.25) is 0 Å². The number of fused-ring (bicyclic) bond motifs is 1. The van der Waals surface area contributed by atoms with E-state index in [1.54, 1.807) is 29.7 Å². The summed E-state index contributed by atoms with van der Waals surface area (Å²) in [6, 6.07) is 9.63. The summed E-state index contributed by atoms with van der Waals surface area (Å²) in [5.74, 6) is -1.21. The quantitative estimate of drug-likeness (QED) is 0.538. The van der Waals surface area contributed by atoms with Crippen LogP contribution in [0.1, 0.15) is 18.3 Å². The van der Waals surface area contributed by atoms with E-state index < -0.39 is 18.4 Å². The zero-order valence-electron chi connectivity index (χ0n) is 16.0. The minimum absolute atomic E-state index is 0.00481. The van der Waals surface area contributed by atoms with Gasteiger partial charge < -0.3 is 20.1 Å². The van der Waals surface area contributed by atoms with Crippen molar-refractivity contribution in [3.8, 4) is 11.5 Å². The van der Waals surface area contributed by atoms with E-state index in [0.29, 0.717) is 17.0 Å². The molecule has 158 valence electrons. The molecule has 0 aliphatic carbocycles. The molecule has 3 aromatic rings. The van der Waals surface area contributed by atoms with Crippen LogP contribution in [-0.4, -0.2) is 39.6 Å². The minimum atomic E-state index is -2.99. The number of nitrogens with one attached hydrogen (secondary N) is 2. The standard InChI is InChI=1S/C19H19F2N5O4/c1-2-29-14-9-12(6-7-13(14)30-19(20)21)10-22-17(27)18(28)23-11-16-25-24-15-5-3-4-8-26(15)16/h3-9,19H,2,10-11H2,1H3,(H,22,27)(H,23,28). The second-order valence-corrected chi connectivity index (χ2v) is 6.00. The van der Waals surface area contributed by atoms with Gasteiger partial charge in [-0.05, 0) is 36.8 Å². The van der Waals surface area contributed by atoms with Crippen LogP contribution in [0.4, 0.5) is 8.78 Å². The summed E-state index contributed by atoms with van der Waals surface area (Å²) < 4.78 is 36.3. The number of carbonyl (C=O) groups is 2. The predicted octanol–water partition coefficient (Wildman–Crippen LogP) is 1.66. The highest BCUT2D eigenvalue weighted by Gasteiger charge is 2.16. The first-order chi connectivity index (χ1) is 14.5. The van der Waals surface area contributed by atoms with Crippen LogP contribution in [0, 0.1) is 0 Å². The highest BCUT2D eigenvalue weighted by molar-refractivity contribution is 6.35. The Labute approximate surface area is 170 Å². The van der Waals surface area contributed by atoms with Crippen molar-refractivity contribution in [2.24, 2.45) is 0 Å². The zero-order valence-corrected chi connectivity index (χ0v) is 16.0. The lowest BCUT2D eigenvalue weighted by atomic mass is 10.2. The van der Waals surface area contributed by atoms with Crippen LogP contribution >= 0.6 is 0 Å². The van der Waals surface area contributed by atoms with Crippen molar-refractivity contribution in [2.75, 3.05) is 6.61 Å². The fourth-order valence-electron chi connectivity index (χ4n) is 2.64. The smallest absolute Gasteiger partial charge is 0.387 e. The number of benzene rings is 1. The summed E-state index contributed by atoms with van der Waals surface area (Å²) in [4.78, 5) is 24.1. The molecule has 0 spiro atoms. The maximum atomic E-state index is 12.5. The second kappa shape index (κ2) is 9.63. The van der Waals surface area contributed by atoms with Crippen molar-refractivity contribution in [2.45, 2.75) is 26.6 Å². The zero-order chi connectivity index (χ0) is 21.5. The van der Waals surface area contributed by atoms with Gasteiger partial charge in [-0.15, -0.1) is 10.2 Å². The average Bonchev–Trinajstić information content (AvgIpc) is 3.15. The van der Waals surface area contributed by atoms with Gasteiger partial charge in [0, 0.05) is 12.7 Å². The fraction of sp³-hybridized carbons (Fsp3) is 0.263. The van der Waals surface area contributed by atoms with Gasteiger partial charge in [-0.1, -0.05) is 12.1 Å². The molecule has 3 rings (SSSR count). The molecule has 0 saturated carbocycles. The molecular weight excluding hydrogens is 400 g/mol. The molecule has 0 saturated heterocycles. The van der Waals surface area contributed by atoms with Crippen LogP contribution in [0.5, 0.6) is 11.5 Å². The number of nitrogens with zero attached hydrogens (tertiary/aromatic N) is 3. The summed E-state index contributed by atoms with van der Waals surface area (Å²) in [6.45, 7) is -1.03. The Morgan fingerprint density at radius 1 is 1.07 bits per heavy atom. The first-order valence-corrected chi connectivity index (χ1v) is 9.03. The Bertz CT molecular complexity index is 1040. The van der Waals surface area contributed by atoms with Gasteiger partial charge >= 0.3 is 18.4 Å². The number of rotatable bonds is 8. The van der Waals surface area contributed by atoms with Gasteiger partial charge in [-0.3, -0.25) is 14.0 Å². The molecule has 2 heterocycles. The van der Waals surface area contributed by atoms with Crippen LogP contribution in [0.25, 0.3) is 5.65 Å². The number of carbonyl (C=O) groups excluding carboxylic acids is 2. The molecule has 2 N–H and O–H groups in total. The first kappa shape index (κ1) is 21.0. The average molecular weight is 419 g/mol. The lowest BCUT2D eigenvalue weighted by Crippen LogP contribution is -2.39. The van der Waals surface area contributed by atoms with Gasteiger partial charge in [-0.2, -0.15) is 8.78 Å². The number of ether oxygens (including phenoxy) is 2. The van der Waals surface area contributed by atoms with E-state index in [2.05, 4.69) is 25.6 Å².